The minimum absolute atomic E-state index is 0.751. The van der Waals surface area contributed by atoms with Crippen LogP contribution < -0.4 is 0 Å². The first-order valence-corrected chi connectivity index (χ1v) is 7.38. The average molecular weight is 297 g/mol. The van der Waals surface area contributed by atoms with Gasteiger partial charge in [-0.1, -0.05) is 30.3 Å². The highest BCUT2D eigenvalue weighted by Crippen LogP contribution is 2.34. The fourth-order valence-corrected chi connectivity index (χ4v) is 2.94. The molecule has 0 aliphatic heterocycles. The van der Waals surface area contributed by atoms with Crippen LogP contribution >= 0.6 is 0 Å². The van der Waals surface area contributed by atoms with Crippen LogP contribution in [0.3, 0.4) is 0 Å². The Morgan fingerprint density at radius 2 is 1.57 bits per heavy atom. The summed E-state index contributed by atoms with van der Waals surface area (Å²) in [6.45, 7) is 0. The first kappa shape index (κ1) is 12.3. The van der Waals surface area contributed by atoms with Crippen molar-refractivity contribution in [1.29, 1.82) is 0 Å². The average Bonchev–Trinajstić information content (AvgIpc) is 3.00. The van der Waals surface area contributed by atoms with Crippen LogP contribution in [-0.4, -0.2) is 15.0 Å². The van der Waals surface area contributed by atoms with Crippen LogP contribution in [0.15, 0.2) is 71.4 Å². The van der Waals surface area contributed by atoms with Gasteiger partial charge in [0.2, 0.25) is 0 Å². The van der Waals surface area contributed by atoms with E-state index in [2.05, 4.69) is 9.97 Å². The molecular weight excluding hydrogens is 286 g/mol. The minimum atomic E-state index is 0.751. The minimum Gasteiger partial charge on any atom is -0.456 e. The van der Waals surface area contributed by atoms with E-state index in [1.165, 1.54) is 0 Å². The molecule has 0 saturated carbocycles. The lowest BCUT2D eigenvalue weighted by Crippen LogP contribution is -1.91. The standard InChI is InChI=1S/C19H11N3O/c1-4-8-16-12(5-1)18-17(23-16)9-10-20-19(18)15-11-21-13-6-2-3-7-14(13)22-15/h1-11H. The Balaban J connectivity index is 1.87. The smallest absolute Gasteiger partial charge is 0.139 e. The first-order chi connectivity index (χ1) is 11.4. The molecule has 5 rings (SSSR count). The predicted octanol–water partition coefficient (Wildman–Crippen LogP) is 4.59. The van der Waals surface area contributed by atoms with Gasteiger partial charge in [0.25, 0.3) is 0 Å². The summed E-state index contributed by atoms with van der Waals surface area (Å²) in [6.07, 6.45) is 3.52. The summed E-state index contributed by atoms with van der Waals surface area (Å²) < 4.78 is 5.91. The molecule has 0 fully saturated rings. The fourth-order valence-electron chi connectivity index (χ4n) is 2.94. The Morgan fingerprint density at radius 1 is 0.739 bits per heavy atom. The summed E-state index contributed by atoms with van der Waals surface area (Å²) in [6, 6.07) is 17.7. The summed E-state index contributed by atoms with van der Waals surface area (Å²) in [4.78, 5) is 13.8. The van der Waals surface area contributed by atoms with Crippen molar-refractivity contribution < 1.29 is 4.42 Å². The van der Waals surface area contributed by atoms with E-state index in [0.717, 1.165) is 44.4 Å². The lowest BCUT2D eigenvalue weighted by atomic mass is 10.1. The third kappa shape index (κ3) is 1.82. The number of nitrogens with zero attached hydrogens (tertiary/aromatic N) is 3. The lowest BCUT2D eigenvalue weighted by molar-refractivity contribution is 0.668. The van der Waals surface area contributed by atoms with Crippen LogP contribution in [0.2, 0.25) is 0 Å². The molecule has 2 aromatic carbocycles. The Hall–Kier alpha value is -3.27. The van der Waals surface area contributed by atoms with Crippen molar-refractivity contribution in [1.82, 2.24) is 15.0 Å². The van der Waals surface area contributed by atoms with Gasteiger partial charge in [-0.05, 0) is 24.3 Å². The van der Waals surface area contributed by atoms with E-state index in [-0.39, 0.29) is 0 Å². The van der Waals surface area contributed by atoms with Crippen LogP contribution in [0.25, 0.3) is 44.4 Å². The number of pyridine rings is 1. The van der Waals surface area contributed by atoms with Gasteiger partial charge < -0.3 is 4.42 Å². The fraction of sp³-hybridized carbons (Fsp3) is 0. The third-order valence-electron chi connectivity index (χ3n) is 3.98. The molecule has 3 heterocycles. The van der Waals surface area contributed by atoms with Crippen LogP contribution in [-0.2, 0) is 0 Å². The Labute approximate surface area is 131 Å². The van der Waals surface area contributed by atoms with E-state index in [1.54, 1.807) is 12.4 Å². The number of rotatable bonds is 1. The summed E-state index contributed by atoms with van der Waals surface area (Å²) in [7, 11) is 0. The molecule has 0 bridgehead atoms. The predicted molar refractivity (Wildman–Crippen MR) is 90.0 cm³/mol. The van der Waals surface area contributed by atoms with E-state index in [9.17, 15) is 0 Å². The van der Waals surface area contributed by atoms with E-state index in [4.69, 9.17) is 9.40 Å². The van der Waals surface area contributed by atoms with Gasteiger partial charge in [-0.3, -0.25) is 9.97 Å². The van der Waals surface area contributed by atoms with Gasteiger partial charge >= 0.3 is 0 Å². The monoisotopic (exact) mass is 297 g/mol. The van der Waals surface area contributed by atoms with Crippen LogP contribution in [0.5, 0.6) is 0 Å². The number of fused-ring (bicyclic) bond motifs is 4. The summed E-state index contributed by atoms with van der Waals surface area (Å²) in [5, 5.41) is 2.02. The lowest BCUT2D eigenvalue weighted by Gasteiger charge is -2.03. The molecule has 4 heteroatoms. The second kappa shape index (κ2) is 4.61. The SMILES string of the molecule is c1ccc2nc(-c3nccc4oc5ccccc5c34)cnc2c1. The first-order valence-electron chi connectivity index (χ1n) is 7.38. The normalized spacial score (nSPS) is 11.5. The summed E-state index contributed by atoms with van der Waals surface area (Å²) in [5.74, 6) is 0. The van der Waals surface area contributed by atoms with Crippen molar-refractivity contribution in [2.45, 2.75) is 0 Å². The molecule has 0 unspecified atom stereocenters. The van der Waals surface area contributed by atoms with Crippen molar-refractivity contribution >= 4 is 33.0 Å². The van der Waals surface area contributed by atoms with Crippen molar-refractivity contribution in [3.8, 4) is 11.4 Å². The van der Waals surface area contributed by atoms with Crippen molar-refractivity contribution in [3.05, 3.63) is 67.0 Å². The Morgan fingerprint density at radius 3 is 2.52 bits per heavy atom. The van der Waals surface area contributed by atoms with E-state index < -0.39 is 0 Å². The molecule has 0 spiro atoms. The number of hydrogen-bond donors (Lipinski definition) is 0. The number of benzene rings is 2. The number of aromatic nitrogens is 3. The van der Waals surface area contributed by atoms with Crippen LogP contribution in [0.1, 0.15) is 0 Å². The molecule has 4 nitrogen and oxygen atoms in total. The molecule has 0 amide bonds. The maximum Gasteiger partial charge on any atom is 0.139 e. The van der Waals surface area contributed by atoms with E-state index in [1.807, 2.05) is 54.6 Å². The van der Waals surface area contributed by atoms with Gasteiger partial charge in [0.05, 0.1) is 22.6 Å². The molecule has 0 N–H and O–H groups in total. The quantitative estimate of drug-likeness (QED) is 0.454. The molecule has 108 valence electrons. The van der Waals surface area contributed by atoms with Crippen molar-refractivity contribution in [3.63, 3.8) is 0 Å². The second-order valence-electron chi connectivity index (χ2n) is 5.37. The van der Waals surface area contributed by atoms with E-state index in [0.29, 0.717) is 0 Å². The molecule has 0 aliphatic carbocycles. The van der Waals surface area contributed by atoms with Gasteiger partial charge in [0.15, 0.2) is 0 Å². The second-order valence-corrected chi connectivity index (χ2v) is 5.37. The highest BCUT2D eigenvalue weighted by Gasteiger charge is 2.14. The van der Waals surface area contributed by atoms with Crippen molar-refractivity contribution in [2.75, 3.05) is 0 Å². The molecule has 0 atom stereocenters. The third-order valence-corrected chi connectivity index (χ3v) is 3.98. The summed E-state index contributed by atoms with van der Waals surface area (Å²) in [5.41, 5.74) is 4.94. The Kier molecular flexibility index (Phi) is 2.46. The molecule has 23 heavy (non-hydrogen) atoms. The largest absolute Gasteiger partial charge is 0.456 e. The van der Waals surface area contributed by atoms with Gasteiger partial charge in [-0.15, -0.1) is 0 Å². The number of para-hydroxylation sites is 3. The molecule has 0 radical (unpaired) electrons. The zero-order valence-corrected chi connectivity index (χ0v) is 12.1. The number of hydrogen-bond acceptors (Lipinski definition) is 4. The molecule has 0 saturated heterocycles. The summed E-state index contributed by atoms with van der Waals surface area (Å²) >= 11 is 0. The molecule has 5 aromatic rings. The zero-order chi connectivity index (χ0) is 15.2. The van der Waals surface area contributed by atoms with Crippen molar-refractivity contribution in [2.24, 2.45) is 0 Å². The molecule has 0 aliphatic rings. The van der Waals surface area contributed by atoms with Crippen LogP contribution in [0, 0.1) is 0 Å². The van der Waals surface area contributed by atoms with Gasteiger partial charge in [0.1, 0.15) is 22.6 Å². The molecular formula is C19H11N3O. The van der Waals surface area contributed by atoms with Gasteiger partial charge in [0, 0.05) is 11.6 Å². The zero-order valence-electron chi connectivity index (χ0n) is 12.1. The highest BCUT2D eigenvalue weighted by molar-refractivity contribution is 6.10. The maximum atomic E-state index is 5.91. The number of furan rings is 1. The van der Waals surface area contributed by atoms with Crippen LogP contribution in [0.4, 0.5) is 0 Å². The van der Waals surface area contributed by atoms with Gasteiger partial charge in [-0.25, -0.2) is 4.98 Å². The Bertz CT molecular complexity index is 1180. The van der Waals surface area contributed by atoms with E-state index >= 15 is 0 Å². The van der Waals surface area contributed by atoms with Gasteiger partial charge in [-0.2, -0.15) is 0 Å². The topological polar surface area (TPSA) is 51.8 Å². The highest BCUT2D eigenvalue weighted by atomic mass is 16.3. The maximum absolute atomic E-state index is 5.91. The molecule has 3 aromatic heterocycles.